The zero-order chi connectivity index (χ0) is 22.8. The molecule has 2 unspecified atom stereocenters. The Kier molecular flexibility index (Phi) is 6.09. The van der Waals surface area contributed by atoms with Crippen LogP contribution >= 0.6 is 0 Å². The molecule has 0 saturated heterocycles. The van der Waals surface area contributed by atoms with Gasteiger partial charge in [0.05, 0.1) is 23.9 Å². The maximum Gasteiger partial charge on any atom is 0.0982 e. The van der Waals surface area contributed by atoms with Crippen LogP contribution in [-0.2, 0) is 16.7 Å². The quantitative estimate of drug-likeness (QED) is 0.312. The number of fused-ring (bicyclic) bond motifs is 3. The van der Waals surface area contributed by atoms with E-state index in [-0.39, 0.29) is 11.6 Å². The van der Waals surface area contributed by atoms with Crippen molar-refractivity contribution in [3.8, 4) is 5.69 Å². The van der Waals surface area contributed by atoms with E-state index in [2.05, 4.69) is 115 Å². The Balaban J connectivity index is 1.58. The zero-order valence-electron chi connectivity index (χ0n) is 20.0. The van der Waals surface area contributed by atoms with Crippen LogP contribution in [-0.4, -0.2) is 30.2 Å². The normalized spacial score (nSPS) is 17.8. The van der Waals surface area contributed by atoms with Crippen LogP contribution in [0, 0.1) is 0 Å². The van der Waals surface area contributed by atoms with E-state index in [0.29, 0.717) is 0 Å². The molecule has 0 bridgehead atoms. The first-order valence-corrected chi connectivity index (χ1v) is 12.2. The first kappa shape index (κ1) is 21.9. The van der Waals surface area contributed by atoms with Crippen LogP contribution in [0.4, 0.5) is 0 Å². The Bertz CT molecular complexity index is 1210. The fourth-order valence-corrected chi connectivity index (χ4v) is 5.83. The fraction of sp³-hybridized carbons (Fsp3) is 0.333. The van der Waals surface area contributed by atoms with Gasteiger partial charge in [0.25, 0.3) is 0 Å². The van der Waals surface area contributed by atoms with Crippen molar-refractivity contribution in [2.75, 3.05) is 20.7 Å². The van der Waals surface area contributed by atoms with Gasteiger partial charge in [-0.15, -0.1) is 0 Å². The summed E-state index contributed by atoms with van der Waals surface area (Å²) in [7, 11) is 4.43. The third-order valence-corrected chi connectivity index (χ3v) is 7.58. The summed E-state index contributed by atoms with van der Waals surface area (Å²) in [5.41, 5.74) is 6.66. The lowest BCUT2D eigenvalue weighted by Gasteiger charge is -2.41. The summed E-state index contributed by atoms with van der Waals surface area (Å²) >= 11 is 0. The van der Waals surface area contributed by atoms with Gasteiger partial charge < -0.3 is 9.30 Å². The van der Waals surface area contributed by atoms with E-state index in [1.54, 1.807) is 0 Å². The van der Waals surface area contributed by atoms with Crippen LogP contribution < -0.4 is 0 Å². The Morgan fingerprint density at radius 3 is 2.27 bits per heavy atom. The highest BCUT2D eigenvalue weighted by Gasteiger charge is 2.36. The number of para-hydroxylation sites is 2. The minimum atomic E-state index is -0.00811. The van der Waals surface area contributed by atoms with Crippen LogP contribution in [0.5, 0.6) is 0 Å². The van der Waals surface area contributed by atoms with Gasteiger partial charge in [-0.2, -0.15) is 0 Å². The summed E-state index contributed by atoms with van der Waals surface area (Å²) in [5, 5.41) is 1.36. The monoisotopic (exact) mass is 438 g/mol. The van der Waals surface area contributed by atoms with Gasteiger partial charge in [-0.05, 0) is 69.1 Å². The molecule has 3 heteroatoms. The number of hydrogen-bond acceptors (Lipinski definition) is 2. The van der Waals surface area contributed by atoms with Crippen LogP contribution in [0.3, 0.4) is 0 Å². The Morgan fingerprint density at radius 2 is 1.58 bits per heavy atom. The van der Waals surface area contributed by atoms with E-state index < -0.39 is 0 Å². The molecule has 1 aliphatic rings. The van der Waals surface area contributed by atoms with Gasteiger partial charge in [-0.3, -0.25) is 4.90 Å². The summed E-state index contributed by atoms with van der Waals surface area (Å²) in [6.45, 7) is 3.09. The van der Waals surface area contributed by atoms with Crippen LogP contribution in [0.2, 0.25) is 0 Å². The molecule has 1 aliphatic heterocycles. The number of hydrogen-bond donors (Lipinski definition) is 0. The molecule has 4 aromatic rings. The van der Waals surface area contributed by atoms with Crippen molar-refractivity contribution >= 4 is 10.9 Å². The lowest BCUT2D eigenvalue weighted by atomic mass is 9.80. The van der Waals surface area contributed by atoms with Gasteiger partial charge in [-0.25, -0.2) is 0 Å². The molecule has 170 valence electrons. The Morgan fingerprint density at radius 1 is 0.909 bits per heavy atom. The molecule has 0 spiro atoms. The lowest BCUT2D eigenvalue weighted by Crippen LogP contribution is -2.41. The second-order valence-electron chi connectivity index (χ2n) is 9.35. The molecule has 0 saturated carbocycles. The van der Waals surface area contributed by atoms with Gasteiger partial charge in [0, 0.05) is 16.6 Å². The highest BCUT2D eigenvalue weighted by atomic mass is 16.5. The second-order valence-corrected chi connectivity index (χ2v) is 9.35. The minimum Gasteiger partial charge on any atom is -0.372 e. The second kappa shape index (κ2) is 9.17. The molecule has 1 aromatic heterocycles. The average Bonchev–Trinajstić information content (AvgIpc) is 3.21. The highest BCUT2D eigenvalue weighted by Crippen LogP contribution is 2.43. The summed E-state index contributed by atoms with van der Waals surface area (Å²) in [5.74, 6) is 0. The van der Waals surface area contributed by atoms with Gasteiger partial charge in [0.2, 0.25) is 0 Å². The van der Waals surface area contributed by atoms with E-state index in [9.17, 15) is 0 Å². The highest BCUT2D eigenvalue weighted by molar-refractivity contribution is 5.87. The molecule has 3 aromatic carbocycles. The van der Waals surface area contributed by atoms with E-state index in [0.717, 1.165) is 32.3 Å². The van der Waals surface area contributed by atoms with E-state index >= 15 is 0 Å². The minimum absolute atomic E-state index is 0.00811. The van der Waals surface area contributed by atoms with Gasteiger partial charge >= 0.3 is 0 Å². The van der Waals surface area contributed by atoms with E-state index in [1.165, 1.54) is 33.4 Å². The number of ether oxygens (including phenoxy) is 1. The number of nitrogens with zero attached hydrogens (tertiary/aromatic N) is 2. The molecule has 0 fully saturated rings. The van der Waals surface area contributed by atoms with Crippen molar-refractivity contribution < 1.29 is 4.74 Å². The molecule has 5 rings (SSSR count). The fourth-order valence-electron chi connectivity index (χ4n) is 5.83. The third kappa shape index (κ3) is 3.80. The third-order valence-electron chi connectivity index (χ3n) is 7.58. The number of rotatable bonds is 7. The van der Waals surface area contributed by atoms with Crippen LogP contribution in [0.1, 0.15) is 49.1 Å². The molecule has 0 radical (unpaired) electrons. The molecular weight excluding hydrogens is 404 g/mol. The number of aromatic nitrogens is 1. The molecular formula is C30H34N2O. The van der Waals surface area contributed by atoms with Crippen LogP contribution in [0.25, 0.3) is 16.6 Å². The molecule has 0 aliphatic carbocycles. The zero-order valence-corrected chi connectivity index (χ0v) is 20.0. The molecule has 33 heavy (non-hydrogen) atoms. The van der Waals surface area contributed by atoms with Crippen LogP contribution in [0.15, 0.2) is 84.9 Å². The SMILES string of the molecule is CCC(CCC1OCCc2c1n(-c1ccccc1)c1ccccc21)(c1ccccc1)N(C)C. The smallest absolute Gasteiger partial charge is 0.0982 e. The predicted octanol–water partition coefficient (Wildman–Crippen LogP) is 6.89. The Labute approximate surface area is 197 Å². The van der Waals surface area contributed by atoms with Crippen molar-refractivity contribution in [3.05, 3.63) is 102 Å². The number of benzene rings is 3. The first-order valence-electron chi connectivity index (χ1n) is 12.2. The predicted molar refractivity (Wildman–Crippen MR) is 137 cm³/mol. The maximum atomic E-state index is 6.51. The van der Waals surface area contributed by atoms with Crippen molar-refractivity contribution in [1.29, 1.82) is 0 Å². The standard InChI is InChI=1S/C30H34N2O/c1-4-30(31(2)3,23-13-7-5-8-14-23)21-19-28-29-26(20-22-33-28)25-17-11-12-18-27(25)32(29)24-15-9-6-10-16-24/h5-18,28H,4,19-22H2,1-3H3. The summed E-state index contributed by atoms with van der Waals surface area (Å²) < 4.78 is 8.96. The summed E-state index contributed by atoms with van der Waals surface area (Å²) in [4.78, 5) is 2.40. The molecule has 2 atom stereocenters. The van der Waals surface area contributed by atoms with Gasteiger partial charge in [0.1, 0.15) is 0 Å². The van der Waals surface area contributed by atoms with E-state index in [4.69, 9.17) is 4.74 Å². The molecule has 3 nitrogen and oxygen atoms in total. The molecule has 2 heterocycles. The molecule has 0 amide bonds. The maximum absolute atomic E-state index is 6.51. The summed E-state index contributed by atoms with van der Waals surface area (Å²) in [6.07, 6.45) is 4.14. The summed E-state index contributed by atoms with van der Waals surface area (Å²) in [6, 6.07) is 30.5. The van der Waals surface area contributed by atoms with E-state index in [1.807, 2.05) is 0 Å². The topological polar surface area (TPSA) is 17.4 Å². The largest absolute Gasteiger partial charge is 0.372 e. The van der Waals surface area contributed by atoms with Crippen molar-refractivity contribution in [3.63, 3.8) is 0 Å². The molecule has 0 N–H and O–H groups in total. The average molecular weight is 439 g/mol. The van der Waals surface area contributed by atoms with Crippen molar-refractivity contribution in [2.45, 2.75) is 44.2 Å². The van der Waals surface area contributed by atoms with Gasteiger partial charge in [0.15, 0.2) is 0 Å². The lowest BCUT2D eigenvalue weighted by molar-refractivity contribution is 0.0155. The van der Waals surface area contributed by atoms with Crippen molar-refractivity contribution in [1.82, 2.24) is 9.47 Å². The van der Waals surface area contributed by atoms with Crippen molar-refractivity contribution in [2.24, 2.45) is 0 Å². The Hall–Kier alpha value is -2.88. The first-order chi connectivity index (χ1) is 16.2. The van der Waals surface area contributed by atoms with Gasteiger partial charge in [-0.1, -0.05) is 73.7 Å².